The van der Waals surface area contributed by atoms with Crippen LogP contribution in [-0.4, -0.2) is 30.9 Å². The monoisotopic (exact) mass is 300 g/mol. The van der Waals surface area contributed by atoms with Crippen molar-refractivity contribution in [2.24, 2.45) is 5.92 Å². The number of amides is 1. The highest BCUT2D eigenvalue weighted by Gasteiger charge is 2.31. The summed E-state index contributed by atoms with van der Waals surface area (Å²) in [6.45, 7) is 2.07. The Hall–Kier alpha value is -1.56. The van der Waals surface area contributed by atoms with Crippen molar-refractivity contribution in [2.75, 3.05) is 20.1 Å². The van der Waals surface area contributed by atoms with E-state index in [4.69, 9.17) is 0 Å². The van der Waals surface area contributed by atoms with Gasteiger partial charge in [-0.25, -0.2) is 0 Å². The Morgan fingerprint density at radius 1 is 1.43 bits per heavy atom. The zero-order valence-electron chi connectivity index (χ0n) is 11.9. The predicted molar refractivity (Wildman–Crippen MR) is 73.5 cm³/mol. The smallest absolute Gasteiger partial charge is 0.359 e. The van der Waals surface area contributed by atoms with E-state index in [0.29, 0.717) is 18.5 Å². The van der Waals surface area contributed by atoms with Gasteiger partial charge in [0.25, 0.3) is 0 Å². The number of nitrogens with one attached hydrogen (secondary N) is 1. The van der Waals surface area contributed by atoms with E-state index in [1.807, 2.05) is 0 Å². The van der Waals surface area contributed by atoms with Gasteiger partial charge in [-0.3, -0.25) is 9.69 Å². The number of nitrogens with zero attached hydrogens (tertiary/aromatic N) is 1. The SMILES string of the molecule is CNC(=O)C[C@@H]1CCN(Cc2cccc(C(F)(F)F)c2)C1. The molecule has 0 aromatic heterocycles. The van der Waals surface area contributed by atoms with Crippen molar-refractivity contribution >= 4 is 5.91 Å². The van der Waals surface area contributed by atoms with Crippen LogP contribution in [0.3, 0.4) is 0 Å². The summed E-state index contributed by atoms with van der Waals surface area (Å²) in [4.78, 5) is 13.4. The summed E-state index contributed by atoms with van der Waals surface area (Å²) in [6, 6.07) is 5.44. The minimum atomic E-state index is -4.30. The first-order chi connectivity index (χ1) is 9.88. The lowest BCUT2D eigenvalue weighted by Gasteiger charge is -2.17. The van der Waals surface area contributed by atoms with Crippen molar-refractivity contribution < 1.29 is 18.0 Å². The van der Waals surface area contributed by atoms with Gasteiger partial charge in [-0.2, -0.15) is 13.2 Å². The van der Waals surface area contributed by atoms with Crippen LogP contribution in [0.2, 0.25) is 0 Å². The van der Waals surface area contributed by atoms with Crippen LogP contribution >= 0.6 is 0 Å². The fraction of sp³-hybridized carbons (Fsp3) is 0.533. The summed E-state index contributed by atoms with van der Waals surface area (Å²) in [5.74, 6) is 0.302. The molecule has 1 N–H and O–H groups in total. The highest BCUT2D eigenvalue weighted by molar-refractivity contribution is 5.75. The Balaban J connectivity index is 1.93. The summed E-state index contributed by atoms with van der Waals surface area (Å²) in [5.41, 5.74) is 0.0477. The van der Waals surface area contributed by atoms with Gasteiger partial charge in [-0.15, -0.1) is 0 Å². The van der Waals surface area contributed by atoms with Crippen LogP contribution in [0.15, 0.2) is 24.3 Å². The lowest BCUT2D eigenvalue weighted by atomic mass is 10.0. The maximum Gasteiger partial charge on any atom is 0.416 e. The molecule has 0 aliphatic carbocycles. The first kappa shape index (κ1) is 15.8. The number of carbonyl (C=O) groups excluding carboxylic acids is 1. The van der Waals surface area contributed by atoms with Gasteiger partial charge in [0.05, 0.1) is 5.56 Å². The largest absolute Gasteiger partial charge is 0.416 e. The zero-order valence-corrected chi connectivity index (χ0v) is 11.9. The minimum absolute atomic E-state index is 0.0147. The zero-order chi connectivity index (χ0) is 15.5. The quantitative estimate of drug-likeness (QED) is 0.927. The van der Waals surface area contributed by atoms with Crippen LogP contribution in [0, 0.1) is 5.92 Å². The molecule has 21 heavy (non-hydrogen) atoms. The molecule has 0 saturated carbocycles. The second kappa shape index (κ2) is 6.47. The molecule has 6 heteroatoms. The van der Waals surface area contributed by atoms with E-state index >= 15 is 0 Å². The highest BCUT2D eigenvalue weighted by Crippen LogP contribution is 2.30. The fourth-order valence-electron chi connectivity index (χ4n) is 2.69. The number of hydrogen-bond acceptors (Lipinski definition) is 2. The molecule has 2 rings (SSSR count). The number of hydrogen-bond donors (Lipinski definition) is 1. The van der Waals surface area contributed by atoms with Gasteiger partial charge >= 0.3 is 6.18 Å². The summed E-state index contributed by atoms with van der Waals surface area (Å²) >= 11 is 0. The van der Waals surface area contributed by atoms with Crippen molar-refractivity contribution in [1.82, 2.24) is 10.2 Å². The average Bonchev–Trinajstić information content (AvgIpc) is 2.85. The molecule has 1 aliphatic rings. The van der Waals surface area contributed by atoms with E-state index in [-0.39, 0.29) is 11.8 Å². The van der Waals surface area contributed by atoms with Gasteiger partial charge in [0.1, 0.15) is 0 Å². The van der Waals surface area contributed by atoms with Crippen molar-refractivity contribution in [2.45, 2.75) is 25.6 Å². The Morgan fingerprint density at radius 3 is 2.86 bits per heavy atom. The van der Waals surface area contributed by atoms with Crippen LogP contribution < -0.4 is 5.32 Å². The van der Waals surface area contributed by atoms with E-state index in [1.165, 1.54) is 12.1 Å². The van der Waals surface area contributed by atoms with Crippen LogP contribution in [0.4, 0.5) is 13.2 Å². The molecule has 1 saturated heterocycles. The Kier molecular flexibility index (Phi) is 4.88. The van der Waals surface area contributed by atoms with E-state index in [1.54, 1.807) is 13.1 Å². The topological polar surface area (TPSA) is 32.3 Å². The Bertz CT molecular complexity index is 502. The highest BCUT2D eigenvalue weighted by atomic mass is 19.4. The van der Waals surface area contributed by atoms with Crippen molar-refractivity contribution in [1.29, 1.82) is 0 Å². The van der Waals surface area contributed by atoms with Gasteiger partial charge < -0.3 is 5.32 Å². The first-order valence-corrected chi connectivity index (χ1v) is 6.97. The third-order valence-electron chi connectivity index (χ3n) is 3.78. The molecule has 1 heterocycles. The van der Waals surface area contributed by atoms with Crippen LogP contribution in [-0.2, 0) is 17.5 Å². The molecule has 0 unspecified atom stereocenters. The maximum absolute atomic E-state index is 12.7. The van der Waals surface area contributed by atoms with Crippen molar-refractivity contribution in [3.8, 4) is 0 Å². The molecule has 0 spiro atoms. The molecule has 3 nitrogen and oxygen atoms in total. The summed E-state index contributed by atoms with van der Waals surface area (Å²) in [5, 5.41) is 2.60. The van der Waals surface area contributed by atoms with Gasteiger partial charge in [0.2, 0.25) is 5.91 Å². The van der Waals surface area contributed by atoms with Crippen LogP contribution in [0.1, 0.15) is 24.0 Å². The second-order valence-electron chi connectivity index (χ2n) is 5.47. The Morgan fingerprint density at radius 2 is 2.19 bits per heavy atom. The van der Waals surface area contributed by atoms with Crippen molar-refractivity contribution in [3.05, 3.63) is 35.4 Å². The number of rotatable bonds is 4. The third kappa shape index (κ3) is 4.46. The molecular formula is C15H19F3N2O. The van der Waals surface area contributed by atoms with E-state index in [9.17, 15) is 18.0 Å². The van der Waals surface area contributed by atoms with Crippen LogP contribution in [0.5, 0.6) is 0 Å². The predicted octanol–water partition coefficient (Wildman–Crippen LogP) is 2.66. The number of benzene rings is 1. The van der Waals surface area contributed by atoms with E-state index in [2.05, 4.69) is 10.2 Å². The fourth-order valence-corrected chi connectivity index (χ4v) is 2.69. The third-order valence-corrected chi connectivity index (χ3v) is 3.78. The first-order valence-electron chi connectivity index (χ1n) is 6.97. The molecule has 1 aromatic rings. The number of likely N-dealkylation sites (tertiary alicyclic amines) is 1. The summed E-state index contributed by atoms with van der Waals surface area (Å²) in [6.07, 6.45) is -2.91. The molecule has 0 radical (unpaired) electrons. The van der Waals surface area contributed by atoms with Gasteiger partial charge in [0.15, 0.2) is 0 Å². The molecule has 116 valence electrons. The van der Waals surface area contributed by atoms with Crippen LogP contribution in [0.25, 0.3) is 0 Å². The normalized spacial score (nSPS) is 19.7. The lowest BCUT2D eigenvalue weighted by molar-refractivity contribution is -0.137. The minimum Gasteiger partial charge on any atom is -0.359 e. The second-order valence-corrected chi connectivity index (χ2v) is 5.47. The molecule has 1 fully saturated rings. The van der Waals surface area contributed by atoms with Gasteiger partial charge in [-0.05, 0) is 30.5 Å². The van der Waals surface area contributed by atoms with E-state index < -0.39 is 11.7 Å². The number of alkyl halides is 3. The molecule has 1 aromatic carbocycles. The van der Waals surface area contributed by atoms with Crippen molar-refractivity contribution in [3.63, 3.8) is 0 Å². The molecule has 1 atom stereocenters. The molecule has 0 bridgehead atoms. The number of halogens is 3. The lowest BCUT2D eigenvalue weighted by Crippen LogP contribution is -2.24. The average molecular weight is 300 g/mol. The molecule has 1 amide bonds. The molecule has 1 aliphatic heterocycles. The standard InChI is InChI=1S/C15H19F3N2O/c1-19-14(21)8-12-5-6-20(10-12)9-11-3-2-4-13(7-11)15(16,17)18/h2-4,7,12H,5-6,8-10H2,1H3,(H,19,21)/t12-/m0/s1. The number of carbonyl (C=O) groups is 1. The summed E-state index contributed by atoms with van der Waals surface area (Å²) < 4.78 is 38.0. The summed E-state index contributed by atoms with van der Waals surface area (Å²) in [7, 11) is 1.61. The maximum atomic E-state index is 12.7. The van der Waals surface area contributed by atoms with Gasteiger partial charge in [-0.1, -0.05) is 18.2 Å². The van der Waals surface area contributed by atoms with E-state index in [0.717, 1.165) is 25.6 Å². The Labute approximate surface area is 122 Å². The van der Waals surface area contributed by atoms with Gasteiger partial charge in [0, 0.05) is 26.6 Å². The molecular weight excluding hydrogens is 281 g/mol.